The van der Waals surface area contributed by atoms with Crippen LogP contribution < -0.4 is 5.32 Å². The van der Waals surface area contributed by atoms with E-state index >= 15 is 0 Å². The molecule has 96 valence electrons. The van der Waals surface area contributed by atoms with E-state index in [1.54, 1.807) is 7.05 Å². The molecule has 0 saturated carbocycles. The lowest BCUT2D eigenvalue weighted by Crippen LogP contribution is -2.05. The number of benzene rings is 1. The summed E-state index contributed by atoms with van der Waals surface area (Å²) in [5, 5.41) is 26.6. The molecular weight excluding hydrogens is 248 g/mol. The molecule has 0 atom stereocenters. The maximum Gasteiger partial charge on any atom is 0.292 e. The fraction of sp³-hybridized carbons (Fsp3) is 0.182. The van der Waals surface area contributed by atoms with Crippen molar-refractivity contribution in [1.82, 2.24) is 14.8 Å². The molecule has 1 aromatic heterocycles. The third kappa shape index (κ3) is 2.84. The van der Waals surface area contributed by atoms with Gasteiger partial charge in [-0.3, -0.25) is 14.8 Å². The van der Waals surface area contributed by atoms with Crippen molar-refractivity contribution in [1.29, 1.82) is 5.26 Å². The molecule has 2 rings (SSSR count). The number of aryl methyl sites for hydroxylation is 1. The summed E-state index contributed by atoms with van der Waals surface area (Å²) in [5.41, 5.74) is 0.536. The van der Waals surface area contributed by atoms with Gasteiger partial charge >= 0.3 is 0 Å². The van der Waals surface area contributed by atoms with Gasteiger partial charge in [-0.25, -0.2) is 4.98 Å². The molecule has 1 heterocycles. The Morgan fingerprint density at radius 3 is 2.95 bits per heavy atom. The Balaban J connectivity index is 2.22. The Morgan fingerprint density at radius 2 is 2.37 bits per heavy atom. The van der Waals surface area contributed by atoms with Crippen LogP contribution in [0, 0.1) is 21.4 Å². The van der Waals surface area contributed by atoms with Crippen molar-refractivity contribution in [3.05, 3.63) is 46.0 Å². The summed E-state index contributed by atoms with van der Waals surface area (Å²) in [4.78, 5) is 14.4. The van der Waals surface area contributed by atoms with E-state index in [9.17, 15) is 10.1 Å². The minimum absolute atomic E-state index is 0.0880. The summed E-state index contributed by atoms with van der Waals surface area (Å²) < 4.78 is 1.54. The zero-order valence-electron chi connectivity index (χ0n) is 10.1. The molecule has 0 unspecified atom stereocenters. The number of hydrogen-bond donors (Lipinski definition) is 1. The SMILES string of the molecule is Cn1cnc(CNc2cc(C#N)ccc2[N+](=O)[O-])n1. The Kier molecular flexibility index (Phi) is 3.38. The fourth-order valence-electron chi connectivity index (χ4n) is 1.55. The predicted molar refractivity (Wildman–Crippen MR) is 66.1 cm³/mol. The van der Waals surface area contributed by atoms with Crippen LogP contribution >= 0.6 is 0 Å². The van der Waals surface area contributed by atoms with Crippen LogP contribution in [0.3, 0.4) is 0 Å². The monoisotopic (exact) mass is 258 g/mol. The van der Waals surface area contributed by atoms with Gasteiger partial charge in [0.25, 0.3) is 5.69 Å². The van der Waals surface area contributed by atoms with Crippen LogP contribution in [0.25, 0.3) is 0 Å². The number of rotatable bonds is 4. The van der Waals surface area contributed by atoms with Crippen molar-refractivity contribution >= 4 is 11.4 Å². The van der Waals surface area contributed by atoms with E-state index in [1.165, 1.54) is 29.2 Å². The maximum absolute atomic E-state index is 10.9. The number of anilines is 1. The number of nitriles is 1. The summed E-state index contributed by atoms with van der Waals surface area (Å²) in [5.74, 6) is 0.513. The standard InChI is InChI=1S/C11H10N6O2/c1-16-7-14-11(15-16)6-13-9-4-8(5-12)2-3-10(9)17(18)19/h2-4,7,13H,6H2,1H3. The van der Waals surface area contributed by atoms with Crippen molar-refractivity contribution < 1.29 is 4.92 Å². The Bertz CT molecular complexity index is 657. The van der Waals surface area contributed by atoms with Crippen LogP contribution in [0.2, 0.25) is 0 Å². The lowest BCUT2D eigenvalue weighted by Gasteiger charge is -2.05. The normalized spacial score (nSPS) is 9.89. The molecule has 2 aromatic rings. The average molecular weight is 258 g/mol. The van der Waals surface area contributed by atoms with Crippen molar-refractivity contribution in [3.63, 3.8) is 0 Å². The third-order valence-corrected chi connectivity index (χ3v) is 2.41. The van der Waals surface area contributed by atoms with E-state index in [0.717, 1.165) is 0 Å². The maximum atomic E-state index is 10.9. The van der Waals surface area contributed by atoms with Gasteiger partial charge in [-0.05, 0) is 12.1 Å². The quantitative estimate of drug-likeness (QED) is 0.651. The Hall–Kier alpha value is -2.95. The first-order valence-corrected chi connectivity index (χ1v) is 5.37. The number of nitrogens with one attached hydrogen (secondary N) is 1. The first-order chi connectivity index (χ1) is 9.10. The van der Waals surface area contributed by atoms with Gasteiger partial charge in [0.15, 0.2) is 5.82 Å². The molecule has 0 spiro atoms. The number of hydrogen-bond acceptors (Lipinski definition) is 6. The highest BCUT2D eigenvalue weighted by Crippen LogP contribution is 2.25. The molecule has 8 nitrogen and oxygen atoms in total. The van der Waals surface area contributed by atoms with Gasteiger partial charge in [0.2, 0.25) is 0 Å². The van der Waals surface area contributed by atoms with E-state index in [4.69, 9.17) is 5.26 Å². The highest BCUT2D eigenvalue weighted by Gasteiger charge is 2.14. The van der Waals surface area contributed by atoms with Crippen LogP contribution in [-0.2, 0) is 13.6 Å². The van der Waals surface area contributed by atoms with Gasteiger partial charge in [0.05, 0.1) is 23.1 Å². The molecule has 8 heteroatoms. The van der Waals surface area contributed by atoms with Crippen LogP contribution in [-0.4, -0.2) is 19.7 Å². The van der Waals surface area contributed by atoms with Gasteiger partial charge in [0, 0.05) is 13.1 Å². The van der Waals surface area contributed by atoms with Crippen LogP contribution in [0.1, 0.15) is 11.4 Å². The highest BCUT2D eigenvalue weighted by atomic mass is 16.6. The molecular formula is C11H10N6O2. The molecule has 0 saturated heterocycles. The molecule has 0 aliphatic carbocycles. The third-order valence-electron chi connectivity index (χ3n) is 2.41. The van der Waals surface area contributed by atoms with Gasteiger partial charge in [-0.2, -0.15) is 10.4 Å². The second-order valence-electron chi connectivity index (χ2n) is 3.79. The minimum atomic E-state index is -0.505. The topological polar surface area (TPSA) is 110 Å². The molecule has 1 N–H and O–H groups in total. The predicted octanol–water partition coefficient (Wildman–Crippen LogP) is 1.21. The number of nitro groups is 1. The van der Waals surface area contributed by atoms with Gasteiger partial charge in [-0.1, -0.05) is 0 Å². The van der Waals surface area contributed by atoms with E-state index in [2.05, 4.69) is 15.4 Å². The van der Waals surface area contributed by atoms with Crippen molar-refractivity contribution in [2.45, 2.75) is 6.54 Å². The zero-order valence-corrected chi connectivity index (χ0v) is 10.1. The first-order valence-electron chi connectivity index (χ1n) is 5.37. The second-order valence-corrected chi connectivity index (χ2v) is 3.79. The minimum Gasteiger partial charge on any atom is -0.372 e. The zero-order chi connectivity index (χ0) is 13.8. The summed E-state index contributed by atoms with van der Waals surface area (Å²) in [6.07, 6.45) is 1.54. The van der Waals surface area contributed by atoms with Gasteiger partial charge in [-0.15, -0.1) is 0 Å². The van der Waals surface area contributed by atoms with Crippen molar-refractivity contribution in [2.75, 3.05) is 5.32 Å². The summed E-state index contributed by atoms with van der Waals surface area (Å²) in [7, 11) is 1.73. The summed E-state index contributed by atoms with van der Waals surface area (Å²) >= 11 is 0. The molecule has 1 aromatic carbocycles. The van der Waals surface area contributed by atoms with E-state index in [1.807, 2.05) is 6.07 Å². The molecule has 0 bridgehead atoms. The average Bonchev–Trinajstić information content (AvgIpc) is 2.81. The Morgan fingerprint density at radius 1 is 1.58 bits per heavy atom. The molecule has 0 fully saturated rings. The molecule has 0 radical (unpaired) electrons. The van der Waals surface area contributed by atoms with E-state index in [-0.39, 0.29) is 17.9 Å². The van der Waals surface area contributed by atoms with Gasteiger partial charge in [0.1, 0.15) is 12.0 Å². The largest absolute Gasteiger partial charge is 0.372 e. The van der Waals surface area contributed by atoms with Gasteiger partial charge < -0.3 is 5.32 Å². The number of nitro benzene ring substituents is 1. The molecule has 19 heavy (non-hydrogen) atoms. The molecule has 0 amide bonds. The van der Waals surface area contributed by atoms with Crippen LogP contribution in [0.4, 0.5) is 11.4 Å². The second kappa shape index (κ2) is 5.14. The first kappa shape index (κ1) is 12.5. The van der Waals surface area contributed by atoms with Crippen molar-refractivity contribution in [2.24, 2.45) is 7.05 Å². The summed E-state index contributed by atoms with van der Waals surface area (Å²) in [6.45, 7) is 0.247. The molecule has 0 aliphatic heterocycles. The smallest absolute Gasteiger partial charge is 0.292 e. The summed E-state index contributed by atoms with van der Waals surface area (Å²) in [6, 6.07) is 6.07. The number of aromatic nitrogens is 3. The lowest BCUT2D eigenvalue weighted by atomic mass is 10.2. The van der Waals surface area contributed by atoms with E-state index in [0.29, 0.717) is 11.4 Å². The number of nitrogens with zero attached hydrogens (tertiary/aromatic N) is 5. The Labute approximate surface area is 108 Å². The lowest BCUT2D eigenvalue weighted by molar-refractivity contribution is -0.384. The molecule has 0 aliphatic rings. The van der Waals surface area contributed by atoms with Crippen molar-refractivity contribution in [3.8, 4) is 6.07 Å². The van der Waals surface area contributed by atoms with Crippen LogP contribution in [0.15, 0.2) is 24.5 Å². The van der Waals surface area contributed by atoms with E-state index < -0.39 is 4.92 Å². The highest BCUT2D eigenvalue weighted by molar-refractivity contribution is 5.64. The van der Waals surface area contributed by atoms with Crippen LogP contribution in [0.5, 0.6) is 0 Å². The fourth-order valence-corrected chi connectivity index (χ4v) is 1.55.